The minimum absolute atomic E-state index is 0.103. The zero-order chi connectivity index (χ0) is 37.7. The summed E-state index contributed by atoms with van der Waals surface area (Å²) in [5.74, 6) is -3.96. The summed E-state index contributed by atoms with van der Waals surface area (Å²) in [5.41, 5.74) is 0.554. The largest absolute Gasteiger partial charge is 0.449 e. The molecule has 1 aromatic carbocycles. The van der Waals surface area contributed by atoms with Crippen LogP contribution in [0.2, 0.25) is 0 Å². The topological polar surface area (TPSA) is 183 Å². The van der Waals surface area contributed by atoms with Gasteiger partial charge in [0.2, 0.25) is 29.4 Å². The highest BCUT2D eigenvalue weighted by Crippen LogP contribution is 2.31. The van der Waals surface area contributed by atoms with Crippen LogP contribution in [-0.4, -0.2) is 103 Å². The van der Waals surface area contributed by atoms with Crippen molar-refractivity contribution in [1.82, 2.24) is 31.1 Å². The summed E-state index contributed by atoms with van der Waals surface area (Å²) in [7, 11) is 3.12. The first kappa shape index (κ1) is 40.9. The maximum atomic E-state index is 14.2. The number of alkyl carbamates (subject to hydrolysis) is 1. The number of carbonyl (C=O) groups is 7. The van der Waals surface area contributed by atoms with Crippen LogP contribution in [0.25, 0.3) is 0 Å². The highest BCUT2D eigenvalue weighted by atomic mass is 16.5. The Morgan fingerprint density at radius 3 is 2.18 bits per heavy atom. The molecule has 0 spiro atoms. The Morgan fingerprint density at radius 1 is 0.902 bits per heavy atom. The van der Waals surface area contributed by atoms with E-state index in [9.17, 15) is 33.6 Å². The van der Waals surface area contributed by atoms with Crippen molar-refractivity contribution in [1.29, 1.82) is 0 Å². The Morgan fingerprint density at radius 2 is 1.57 bits per heavy atom. The smallest absolute Gasteiger partial charge is 0.407 e. The van der Waals surface area contributed by atoms with Crippen LogP contribution in [0, 0.1) is 11.8 Å². The van der Waals surface area contributed by atoms with Crippen molar-refractivity contribution in [3.8, 4) is 0 Å². The molecule has 2 unspecified atom stereocenters. The fourth-order valence-electron chi connectivity index (χ4n) is 6.67. The number of likely N-dealkylation sites (N-methyl/N-ethyl adjacent to an activating group) is 1. The van der Waals surface area contributed by atoms with Gasteiger partial charge in [0.25, 0.3) is 5.91 Å². The van der Waals surface area contributed by atoms with E-state index in [1.165, 1.54) is 9.80 Å². The van der Waals surface area contributed by atoms with Crippen molar-refractivity contribution in [3.05, 3.63) is 35.9 Å². The molecular weight excluding hydrogens is 656 g/mol. The third-order valence-electron chi connectivity index (χ3n) is 9.40. The molecule has 2 aliphatic rings. The van der Waals surface area contributed by atoms with Crippen LogP contribution in [0.5, 0.6) is 0 Å². The molecule has 1 aromatic rings. The molecule has 0 aromatic heterocycles. The molecule has 1 saturated carbocycles. The molecule has 5 atom stereocenters. The summed E-state index contributed by atoms with van der Waals surface area (Å²) >= 11 is 0. The van der Waals surface area contributed by atoms with Crippen molar-refractivity contribution in [2.24, 2.45) is 11.8 Å². The molecular formula is C37H56N6O8. The van der Waals surface area contributed by atoms with Crippen molar-refractivity contribution in [2.45, 2.75) is 116 Å². The van der Waals surface area contributed by atoms with Gasteiger partial charge in [0.15, 0.2) is 0 Å². The first-order valence-electron chi connectivity index (χ1n) is 18.2. The average molecular weight is 713 g/mol. The Kier molecular flexibility index (Phi) is 15.9. The van der Waals surface area contributed by atoms with Crippen molar-refractivity contribution < 1.29 is 38.3 Å². The van der Waals surface area contributed by atoms with E-state index in [-0.39, 0.29) is 42.7 Å². The van der Waals surface area contributed by atoms with Crippen molar-refractivity contribution in [3.63, 3.8) is 0 Å². The SMILES string of the molecule is CCCC(NC(=O)[C@@H]1CCC(C)N1C(=O)[C@@H](NC(=O)OCC(C)C)C1CCCCC1)C(=O)C(=O)NCC(=O)N[C@H](C(=O)N(C)C)c1ccccc1. The lowest BCUT2D eigenvalue weighted by molar-refractivity contribution is -0.144. The summed E-state index contributed by atoms with van der Waals surface area (Å²) < 4.78 is 5.34. The summed E-state index contributed by atoms with van der Waals surface area (Å²) in [5, 5.41) is 10.4. The number of carbonyl (C=O) groups excluding carboxylic acids is 7. The summed E-state index contributed by atoms with van der Waals surface area (Å²) in [6, 6.07) is 4.39. The van der Waals surface area contributed by atoms with Crippen LogP contribution < -0.4 is 21.3 Å². The number of Topliss-reactive ketones (excluding diaryl/α,β-unsaturated/α-hetero) is 1. The maximum absolute atomic E-state index is 14.2. The lowest BCUT2D eigenvalue weighted by Crippen LogP contribution is -2.59. The summed E-state index contributed by atoms with van der Waals surface area (Å²) in [4.78, 5) is 95.4. The number of rotatable bonds is 16. The number of likely N-dealkylation sites (tertiary alicyclic amines) is 1. The molecule has 3 rings (SSSR count). The second-order valence-corrected chi connectivity index (χ2v) is 14.2. The molecule has 1 aliphatic heterocycles. The summed E-state index contributed by atoms with van der Waals surface area (Å²) in [6.45, 7) is 7.12. The van der Waals surface area contributed by atoms with Gasteiger partial charge in [-0.05, 0) is 56.4 Å². The average Bonchev–Trinajstić information content (AvgIpc) is 3.51. The van der Waals surface area contributed by atoms with Gasteiger partial charge >= 0.3 is 6.09 Å². The monoisotopic (exact) mass is 712 g/mol. The van der Waals surface area contributed by atoms with Crippen LogP contribution >= 0.6 is 0 Å². The van der Waals surface area contributed by atoms with Gasteiger partial charge in [-0.15, -0.1) is 0 Å². The quantitative estimate of drug-likeness (QED) is 0.189. The van der Waals surface area contributed by atoms with Gasteiger partial charge in [-0.1, -0.05) is 76.8 Å². The fraction of sp³-hybridized carbons (Fsp3) is 0.649. The molecule has 282 valence electrons. The number of hydrogen-bond donors (Lipinski definition) is 4. The van der Waals surface area contributed by atoms with Gasteiger partial charge in [-0.3, -0.25) is 28.8 Å². The Balaban J connectivity index is 1.68. The normalized spacial score (nSPS) is 19.3. The molecule has 1 aliphatic carbocycles. The van der Waals surface area contributed by atoms with E-state index >= 15 is 0 Å². The molecule has 0 radical (unpaired) electrons. The number of hydrogen-bond acceptors (Lipinski definition) is 8. The van der Waals surface area contributed by atoms with Crippen molar-refractivity contribution in [2.75, 3.05) is 27.2 Å². The molecule has 0 bridgehead atoms. The van der Waals surface area contributed by atoms with E-state index in [1.54, 1.807) is 51.4 Å². The Labute approximate surface area is 301 Å². The number of nitrogens with zero attached hydrogens (tertiary/aromatic N) is 2. The lowest BCUT2D eigenvalue weighted by atomic mass is 9.83. The predicted octanol–water partition coefficient (Wildman–Crippen LogP) is 2.61. The lowest BCUT2D eigenvalue weighted by Gasteiger charge is -2.36. The maximum Gasteiger partial charge on any atom is 0.407 e. The van der Waals surface area contributed by atoms with Crippen LogP contribution in [0.3, 0.4) is 0 Å². The predicted molar refractivity (Wildman–Crippen MR) is 190 cm³/mol. The van der Waals surface area contributed by atoms with E-state index in [1.807, 2.05) is 20.8 Å². The number of nitrogens with one attached hydrogen (secondary N) is 4. The second-order valence-electron chi connectivity index (χ2n) is 14.2. The van der Waals surface area contributed by atoms with Gasteiger partial charge < -0.3 is 35.8 Å². The minimum atomic E-state index is -1.19. The van der Waals surface area contributed by atoms with E-state index in [0.717, 1.165) is 32.1 Å². The molecule has 14 nitrogen and oxygen atoms in total. The van der Waals surface area contributed by atoms with E-state index in [0.29, 0.717) is 24.8 Å². The van der Waals surface area contributed by atoms with Gasteiger partial charge in [-0.25, -0.2) is 4.79 Å². The number of ether oxygens (including phenoxy) is 1. The van der Waals surface area contributed by atoms with E-state index in [4.69, 9.17) is 4.74 Å². The van der Waals surface area contributed by atoms with E-state index in [2.05, 4.69) is 21.3 Å². The minimum Gasteiger partial charge on any atom is -0.449 e. The van der Waals surface area contributed by atoms with Gasteiger partial charge in [0.05, 0.1) is 19.2 Å². The molecule has 1 saturated heterocycles. The third kappa shape index (κ3) is 11.8. The van der Waals surface area contributed by atoms with Crippen molar-refractivity contribution >= 4 is 41.4 Å². The molecule has 51 heavy (non-hydrogen) atoms. The van der Waals surface area contributed by atoms with Crippen LogP contribution in [0.1, 0.15) is 97.1 Å². The van der Waals surface area contributed by atoms with Crippen LogP contribution in [0.15, 0.2) is 30.3 Å². The zero-order valence-corrected chi connectivity index (χ0v) is 30.9. The zero-order valence-electron chi connectivity index (χ0n) is 30.9. The van der Waals surface area contributed by atoms with Crippen LogP contribution in [0.4, 0.5) is 4.79 Å². The number of amides is 6. The first-order valence-corrected chi connectivity index (χ1v) is 18.2. The van der Waals surface area contributed by atoms with E-state index < -0.39 is 60.3 Å². The number of ketones is 1. The van der Waals surface area contributed by atoms with Gasteiger partial charge in [0, 0.05) is 20.1 Å². The third-order valence-corrected chi connectivity index (χ3v) is 9.40. The Hall–Kier alpha value is -4.49. The second kappa shape index (κ2) is 19.8. The highest BCUT2D eigenvalue weighted by Gasteiger charge is 2.44. The molecule has 1 heterocycles. The fourth-order valence-corrected chi connectivity index (χ4v) is 6.67. The molecule has 2 fully saturated rings. The first-order chi connectivity index (χ1) is 24.2. The summed E-state index contributed by atoms with van der Waals surface area (Å²) in [6.07, 6.45) is 5.28. The molecule has 6 amide bonds. The Bertz CT molecular complexity index is 1380. The van der Waals surface area contributed by atoms with Crippen LogP contribution in [-0.2, 0) is 33.5 Å². The van der Waals surface area contributed by atoms with Gasteiger partial charge in [-0.2, -0.15) is 0 Å². The highest BCUT2D eigenvalue weighted by molar-refractivity contribution is 6.38. The standard InChI is InChI=1S/C37H56N6O8/c1-7-14-27(32(45)34(47)38-21-29(44)40-30(35(48)42(5)6)25-15-10-8-11-16-25)39-33(46)28-20-19-24(4)43(28)36(49)31(26-17-12-9-13-18-26)41-37(50)51-22-23(2)3/h8,10-11,15-16,23-24,26-28,30-31H,7,9,12-14,17-22H2,1-6H3,(H,38,47)(H,39,46)(H,40,44)(H,41,50)/t24?,27?,28-,30-,31-/m0/s1. The molecule has 14 heteroatoms. The number of benzene rings is 1. The molecule has 4 N–H and O–H groups in total. The van der Waals surface area contributed by atoms with Gasteiger partial charge in [0.1, 0.15) is 18.1 Å².